The number of carbonyl (C=O) groups excluding carboxylic acids is 1. The van der Waals surface area contributed by atoms with Crippen molar-refractivity contribution in [2.75, 3.05) is 5.32 Å². The Morgan fingerprint density at radius 3 is 3.04 bits per heavy atom. The number of nitrogens with zero attached hydrogens (tertiary/aromatic N) is 3. The van der Waals surface area contributed by atoms with Gasteiger partial charge in [-0.15, -0.1) is 10.2 Å². The van der Waals surface area contributed by atoms with Crippen molar-refractivity contribution in [3.8, 4) is 5.75 Å². The van der Waals surface area contributed by atoms with Gasteiger partial charge in [0, 0.05) is 23.9 Å². The molecule has 6 heteroatoms. The van der Waals surface area contributed by atoms with Crippen LogP contribution in [0.5, 0.6) is 5.75 Å². The molecule has 1 atom stereocenters. The summed E-state index contributed by atoms with van der Waals surface area (Å²) >= 11 is 0. The average Bonchev–Trinajstić information content (AvgIpc) is 3.08. The average molecular weight is 308 g/mol. The van der Waals surface area contributed by atoms with Crippen molar-refractivity contribution in [1.82, 2.24) is 14.6 Å². The van der Waals surface area contributed by atoms with Crippen LogP contribution in [0.4, 0.5) is 5.69 Å². The second-order valence-corrected chi connectivity index (χ2v) is 5.80. The van der Waals surface area contributed by atoms with Crippen LogP contribution in [0.3, 0.4) is 0 Å². The Labute approximate surface area is 133 Å². The Morgan fingerprint density at radius 2 is 2.17 bits per heavy atom. The topological polar surface area (TPSA) is 68.5 Å². The van der Waals surface area contributed by atoms with E-state index in [1.54, 1.807) is 18.3 Å². The van der Waals surface area contributed by atoms with E-state index in [2.05, 4.69) is 15.5 Å². The van der Waals surface area contributed by atoms with Crippen molar-refractivity contribution >= 4 is 17.2 Å². The SMILES string of the molecule is Cc1nnc2cc(C(=O)Nc3ccc4c(c3)CC(C)O4)ccn12. The third kappa shape index (κ3) is 2.42. The molecule has 0 fully saturated rings. The second-order valence-electron chi connectivity index (χ2n) is 5.80. The summed E-state index contributed by atoms with van der Waals surface area (Å²) in [6, 6.07) is 9.22. The number of amides is 1. The first-order valence-corrected chi connectivity index (χ1v) is 7.52. The van der Waals surface area contributed by atoms with Crippen LogP contribution in [-0.4, -0.2) is 26.6 Å². The number of rotatable bonds is 2. The lowest BCUT2D eigenvalue weighted by Gasteiger charge is -2.07. The molecule has 6 nitrogen and oxygen atoms in total. The molecule has 4 rings (SSSR count). The van der Waals surface area contributed by atoms with Gasteiger partial charge in [0.15, 0.2) is 5.65 Å². The third-order valence-electron chi connectivity index (χ3n) is 4.00. The minimum Gasteiger partial charge on any atom is -0.490 e. The molecule has 1 unspecified atom stereocenters. The largest absolute Gasteiger partial charge is 0.490 e. The maximum Gasteiger partial charge on any atom is 0.255 e. The number of fused-ring (bicyclic) bond motifs is 2. The van der Waals surface area contributed by atoms with Gasteiger partial charge in [-0.1, -0.05) is 0 Å². The van der Waals surface area contributed by atoms with E-state index in [0.29, 0.717) is 11.2 Å². The molecule has 0 radical (unpaired) electrons. The molecular weight excluding hydrogens is 292 g/mol. The lowest BCUT2D eigenvalue weighted by atomic mass is 10.1. The van der Waals surface area contributed by atoms with E-state index >= 15 is 0 Å². The molecule has 116 valence electrons. The fourth-order valence-corrected chi connectivity index (χ4v) is 2.85. The van der Waals surface area contributed by atoms with Crippen LogP contribution in [0.2, 0.25) is 0 Å². The fraction of sp³-hybridized carbons (Fsp3) is 0.235. The Kier molecular flexibility index (Phi) is 3.04. The summed E-state index contributed by atoms with van der Waals surface area (Å²) in [5, 5.41) is 11.0. The summed E-state index contributed by atoms with van der Waals surface area (Å²) < 4.78 is 7.51. The van der Waals surface area contributed by atoms with Crippen LogP contribution in [0.15, 0.2) is 36.5 Å². The van der Waals surface area contributed by atoms with E-state index in [1.807, 2.05) is 36.4 Å². The molecule has 3 heterocycles. The van der Waals surface area contributed by atoms with Crippen molar-refractivity contribution in [1.29, 1.82) is 0 Å². The third-order valence-corrected chi connectivity index (χ3v) is 4.00. The predicted molar refractivity (Wildman–Crippen MR) is 85.9 cm³/mol. The van der Waals surface area contributed by atoms with Gasteiger partial charge in [-0.25, -0.2) is 0 Å². The van der Waals surface area contributed by atoms with Crippen LogP contribution >= 0.6 is 0 Å². The minimum absolute atomic E-state index is 0.167. The first-order chi connectivity index (χ1) is 11.1. The highest BCUT2D eigenvalue weighted by Gasteiger charge is 2.19. The van der Waals surface area contributed by atoms with Crippen LogP contribution in [0.25, 0.3) is 5.65 Å². The molecule has 0 saturated carbocycles. The molecule has 1 aliphatic rings. The van der Waals surface area contributed by atoms with E-state index in [1.165, 1.54) is 0 Å². The number of aryl methyl sites for hydroxylation is 1. The molecule has 0 saturated heterocycles. The van der Waals surface area contributed by atoms with Gasteiger partial charge in [-0.2, -0.15) is 0 Å². The Morgan fingerprint density at radius 1 is 1.30 bits per heavy atom. The molecule has 2 aromatic heterocycles. The van der Waals surface area contributed by atoms with Crippen molar-refractivity contribution in [3.63, 3.8) is 0 Å². The summed E-state index contributed by atoms with van der Waals surface area (Å²) in [6.45, 7) is 3.90. The number of anilines is 1. The molecule has 0 aliphatic carbocycles. The Bertz CT molecular complexity index is 916. The van der Waals surface area contributed by atoms with E-state index in [0.717, 1.165) is 29.2 Å². The normalized spacial score (nSPS) is 16.2. The second kappa shape index (κ2) is 5.08. The lowest BCUT2D eigenvalue weighted by molar-refractivity contribution is 0.102. The van der Waals surface area contributed by atoms with Gasteiger partial charge in [0.2, 0.25) is 0 Å². The number of aromatic nitrogens is 3. The van der Waals surface area contributed by atoms with Crippen LogP contribution in [-0.2, 0) is 6.42 Å². The molecule has 1 aromatic carbocycles. The van der Waals surface area contributed by atoms with Crippen molar-refractivity contribution < 1.29 is 9.53 Å². The van der Waals surface area contributed by atoms with Gasteiger partial charge < -0.3 is 10.1 Å². The van der Waals surface area contributed by atoms with Crippen LogP contribution in [0, 0.1) is 6.92 Å². The molecule has 23 heavy (non-hydrogen) atoms. The molecule has 1 aliphatic heterocycles. The number of benzene rings is 1. The van der Waals surface area contributed by atoms with Crippen LogP contribution < -0.4 is 10.1 Å². The number of carbonyl (C=O) groups is 1. The lowest BCUT2D eigenvalue weighted by Crippen LogP contribution is -2.12. The standard InChI is InChI=1S/C17H16N4O2/c1-10-7-13-8-14(3-4-15(13)23-10)18-17(22)12-5-6-21-11(2)19-20-16(21)9-12/h3-6,8-10H,7H2,1-2H3,(H,18,22). The van der Waals surface area contributed by atoms with E-state index in [-0.39, 0.29) is 12.0 Å². The summed E-state index contributed by atoms with van der Waals surface area (Å²) in [4.78, 5) is 12.4. The summed E-state index contributed by atoms with van der Waals surface area (Å²) in [6.07, 6.45) is 2.86. The minimum atomic E-state index is -0.167. The summed E-state index contributed by atoms with van der Waals surface area (Å²) in [5.74, 6) is 1.52. The number of ether oxygens (including phenoxy) is 1. The quantitative estimate of drug-likeness (QED) is 0.790. The summed E-state index contributed by atoms with van der Waals surface area (Å²) in [5.41, 5.74) is 3.10. The monoisotopic (exact) mass is 308 g/mol. The van der Waals surface area contributed by atoms with Gasteiger partial charge >= 0.3 is 0 Å². The van der Waals surface area contributed by atoms with E-state index in [9.17, 15) is 4.79 Å². The highest BCUT2D eigenvalue weighted by atomic mass is 16.5. The highest BCUT2D eigenvalue weighted by Crippen LogP contribution is 2.31. The maximum absolute atomic E-state index is 12.4. The zero-order valence-corrected chi connectivity index (χ0v) is 12.9. The number of nitrogens with one attached hydrogen (secondary N) is 1. The smallest absolute Gasteiger partial charge is 0.255 e. The van der Waals surface area contributed by atoms with Gasteiger partial charge in [0.1, 0.15) is 17.7 Å². The van der Waals surface area contributed by atoms with Crippen molar-refractivity contribution in [2.24, 2.45) is 0 Å². The zero-order valence-electron chi connectivity index (χ0n) is 12.9. The van der Waals surface area contributed by atoms with Gasteiger partial charge in [0.05, 0.1) is 0 Å². The molecule has 1 amide bonds. The molecular formula is C17H16N4O2. The molecule has 0 spiro atoms. The van der Waals surface area contributed by atoms with E-state index < -0.39 is 0 Å². The molecule has 0 bridgehead atoms. The number of hydrogen-bond donors (Lipinski definition) is 1. The Balaban J connectivity index is 1.58. The predicted octanol–water partition coefficient (Wildman–Crippen LogP) is 2.61. The van der Waals surface area contributed by atoms with Gasteiger partial charge in [0.25, 0.3) is 5.91 Å². The van der Waals surface area contributed by atoms with Crippen LogP contribution in [0.1, 0.15) is 28.7 Å². The number of pyridine rings is 1. The first-order valence-electron chi connectivity index (χ1n) is 7.52. The Hall–Kier alpha value is -2.89. The van der Waals surface area contributed by atoms with Crippen molar-refractivity contribution in [2.45, 2.75) is 26.4 Å². The molecule has 3 aromatic rings. The number of hydrogen-bond acceptors (Lipinski definition) is 4. The maximum atomic E-state index is 12.4. The van der Waals surface area contributed by atoms with E-state index in [4.69, 9.17) is 4.74 Å². The highest BCUT2D eigenvalue weighted by molar-refractivity contribution is 6.04. The zero-order chi connectivity index (χ0) is 16.0. The first kappa shape index (κ1) is 13.8. The van der Waals surface area contributed by atoms with Gasteiger partial charge in [-0.3, -0.25) is 9.20 Å². The molecule has 1 N–H and O–H groups in total. The van der Waals surface area contributed by atoms with Gasteiger partial charge in [-0.05, 0) is 49.7 Å². The van der Waals surface area contributed by atoms with Crippen molar-refractivity contribution in [3.05, 3.63) is 53.5 Å². The fourth-order valence-electron chi connectivity index (χ4n) is 2.85. The summed E-state index contributed by atoms with van der Waals surface area (Å²) in [7, 11) is 0.